The van der Waals surface area contributed by atoms with E-state index in [1.54, 1.807) is 17.4 Å². The Bertz CT molecular complexity index is 1150. The Morgan fingerprint density at radius 2 is 2.23 bits per heavy atom. The van der Waals surface area contributed by atoms with Crippen LogP contribution in [0.3, 0.4) is 0 Å². The standard InChI is InChI=1S/C18H14BrN5OS/c1-18(7-13-15(19)16(25)23-24(13)17(21)22-18)14-6-12(9-26-14)11-4-2-3-10(5-11)8-20/h2-6,9H,7H2,1H3,(H2,21,22)(H,23,25). The number of nitrogens with zero attached hydrogens (tertiary/aromatic N) is 3. The molecule has 0 aliphatic carbocycles. The molecule has 8 heteroatoms. The third-order valence-corrected chi connectivity index (χ3v) is 6.49. The third-order valence-electron chi connectivity index (χ3n) is 4.49. The maximum atomic E-state index is 11.9. The predicted molar refractivity (Wildman–Crippen MR) is 105 cm³/mol. The van der Waals surface area contributed by atoms with Crippen LogP contribution >= 0.6 is 27.3 Å². The lowest BCUT2D eigenvalue weighted by Crippen LogP contribution is -2.38. The van der Waals surface area contributed by atoms with Gasteiger partial charge in [0.15, 0.2) is 0 Å². The molecule has 4 rings (SSSR count). The molecule has 3 N–H and O–H groups in total. The highest BCUT2D eigenvalue weighted by Gasteiger charge is 2.36. The number of hydrogen-bond acceptors (Lipinski definition) is 5. The van der Waals surface area contributed by atoms with E-state index < -0.39 is 5.54 Å². The minimum absolute atomic E-state index is 0.220. The van der Waals surface area contributed by atoms with Crippen LogP contribution in [0.5, 0.6) is 0 Å². The lowest BCUT2D eigenvalue weighted by molar-refractivity contribution is 0.470. The van der Waals surface area contributed by atoms with Crippen molar-refractivity contribution in [1.82, 2.24) is 9.78 Å². The van der Waals surface area contributed by atoms with E-state index in [1.165, 1.54) is 4.68 Å². The number of hydrogen-bond donors (Lipinski definition) is 2. The molecule has 0 saturated carbocycles. The summed E-state index contributed by atoms with van der Waals surface area (Å²) in [5.41, 5.74) is 8.74. The van der Waals surface area contributed by atoms with Crippen molar-refractivity contribution in [2.45, 2.75) is 18.9 Å². The van der Waals surface area contributed by atoms with Gasteiger partial charge in [-0.1, -0.05) is 12.1 Å². The normalized spacial score (nSPS) is 18.9. The van der Waals surface area contributed by atoms with Crippen molar-refractivity contribution < 1.29 is 0 Å². The molecular formula is C18H14BrN5OS. The number of nitriles is 1. The summed E-state index contributed by atoms with van der Waals surface area (Å²) < 4.78 is 2.01. The van der Waals surface area contributed by atoms with Crippen LogP contribution in [0.1, 0.15) is 23.1 Å². The first-order valence-electron chi connectivity index (χ1n) is 7.86. The van der Waals surface area contributed by atoms with Crippen molar-refractivity contribution >= 4 is 33.2 Å². The number of fused-ring (bicyclic) bond motifs is 1. The smallest absolute Gasteiger partial charge is 0.279 e. The van der Waals surface area contributed by atoms with E-state index in [-0.39, 0.29) is 11.5 Å². The quantitative estimate of drug-likeness (QED) is 0.656. The molecule has 0 bridgehead atoms. The van der Waals surface area contributed by atoms with E-state index in [2.05, 4.69) is 43.5 Å². The summed E-state index contributed by atoms with van der Waals surface area (Å²) in [6.07, 6.45) is 0.547. The number of thiophene rings is 1. The van der Waals surface area contributed by atoms with Gasteiger partial charge in [-0.2, -0.15) is 5.26 Å². The second-order valence-electron chi connectivity index (χ2n) is 6.35. The SMILES string of the molecule is CC1(c2cc(-c3cccc(C#N)c3)cs2)Cc2c(Br)c(=O)[nH]n2C(N)=N1. The van der Waals surface area contributed by atoms with E-state index in [9.17, 15) is 4.79 Å². The van der Waals surface area contributed by atoms with Crippen LogP contribution in [0.4, 0.5) is 0 Å². The van der Waals surface area contributed by atoms with Crippen LogP contribution < -0.4 is 11.3 Å². The summed E-state index contributed by atoms with van der Waals surface area (Å²) in [5.74, 6) is 0.262. The van der Waals surface area contributed by atoms with Crippen molar-refractivity contribution in [2.75, 3.05) is 0 Å². The van der Waals surface area contributed by atoms with Crippen molar-refractivity contribution in [3.8, 4) is 17.2 Å². The predicted octanol–water partition coefficient (Wildman–Crippen LogP) is 3.17. The van der Waals surface area contributed by atoms with Crippen LogP contribution in [0.2, 0.25) is 0 Å². The molecule has 2 aromatic heterocycles. The maximum Gasteiger partial charge on any atom is 0.279 e. The van der Waals surface area contributed by atoms with Crippen LogP contribution in [0, 0.1) is 11.3 Å². The van der Waals surface area contributed by atoms with Crippen molar-refractivity contribution in [1.29, 1.82) is 5.26 Å². The first-order valence-corrected chi connectivity index (χ1v) is 9.53. The molecule has 1 aliphatic heterocycles. The van der Waals surface area contributed by atoms with E-state index in [4.69, 9.17) is 11.0 Å². The lowest BCUT2D eigenvalue weighted by Gasteiger charge is -2.29. The van der Waals surface area contributed by atoms with Gasteiger partial charge >= 0.3 is 0 Å². The summed E-state index contributed by atoms with van der Waals surface area (Å²) in [5, 5.41) is 13.8. The van der Waals surface area contributed by atoms with Gasteiger partial charge in [0.25, 0.3) is 5.56 Å². The number of aromatic nitrogens is 2. The first kappa shape index (κ1) is 16.8. The molecule has 3 aromatic rings. The van der Waals surface area contributed by atoms with Crippen LogP contribution in [-0.4, -0.2) is 15.7 Å². The zero-order valence-electron chi connectivity index (χ0n) is 13.8. The van der Waals surface area contributed by atoms with Crippen LogP contribution in [0.15, 0.2) is 50.0 Å². The van der Waals surface area contributed by atoms with Crippen molar-refractivity contribution in [3.63, 3.8) is 0 Å². The minimum atomic E-state index is -0.559. The largest absolute Gasteiger partial charge is 0.368 e. The second-order valence-corrected chi connectivity index (χ2v) is 8.05. The summed E-state index contributed by atoms with van der Waals surface area (Å²) in [6, 6.07) is 11.7. The molecule has 0 radical (unpaired) electrons. The molecule has 130 valence electrons. The zero-order chi connectivity index (χ0) is 18.5. The molecule has 0 saturated heterocycles. The average Bonchev–Trinajstić information content (AvgIpc) is 3.23. The number of rotatable bonds is 2. The van der Waals surface area contributed by atoms with E-state index in [0.29, 0.717) is 16.5 Å². The molecule has 26 heavy (non-hydrogen) atoms. The summed E-state index contributed by atoms with van der Waals surface area (Å²) in [6.45, 7) is 2.01. The maximum absolute atomic E-state index is 11.9. The molecule has 0 spiro atoms. The van der Waals surface area contributed by atoms with E-state index >= 15 is 0 Å². The topological polar surface area (TPSA) is 100.0 Å². The van der Waals surface area contributed by atoms with Gasteiger partial charge < -0.3 is 5.73 Å². The van der Waals surface area contributed by atoms with Gasteiger partial charge in [-0.05, 0) is 57.6 Å². The molecule has 1 atom stereocenters. The summed E-state index contributed by atoms with van der Waals surface area (Å²) in [7, 11) is 0. The Balaban J connectivity index is 1.76. The molecule has 1 unspecified atom stereocenters. The van der Waals surface area contributed by atoms with E-state index in [0.717, 1.165) is 21.7 Å². The van der Waals surface area contributed by atoms with Crippen LogP contribution in [-0.2, 0) is 12.0 Å². The average molecular weight is 428 g/mol. The van der Waals surface area contributed by atoms with Gasteiger partial charge in [0.05, 0.1) is 17.3 Å². The van der Waals surface area contributed by atoms with Gasteiger partial charge in [0.1, 0.15) is 10.0 Å². The molecule has 1 aromatic carbocycles. The number of nitrogens with two attached hydrogens (primary N) is 1. The molecule has 6 nitrogen and oxygen atoms in total. The number of benzene rings is 1. The number of H-pyrrole nitrogens is 1. The van der Waals surface area contributed by atoms with Crippen molar-refractivity contribution in [2.24, 2.45) is 10.7 Å². The number of aromatic amines is 1. The highest BCUT2D eigenvalue weighted by molar-refractivity contribution is 9.10. The summed E-state index contributed by atoms with van der Waals surface area (Å²) in [4.78, 5) is 17.6. The Labute approximate surface area is 161 Å². The van der Waals surface area contributed by atoms with Crippen molar-refractivity contribution in [3.05, 3.63) is 66.7 Å². The zero-order valence-corrected chi connectivity index (χ0v) is 16.2. The molecular weight excluding hydrogens is 414 g/mol. The van der Waals surface area contributed by atoms with Gasteiger partial charge in [0, 0.05) is 11.3 Å². The minimum Gasteiger partial charge on any atom is -0.368 e. The molecule has 0 fully saturated rings. The fourth-order valence-corrected chi connectivity index (χ4v) is 4.58. The number of halogens is 1. The first-order chi connectivity index (χ1) is 12.4. The Hall–Kier alpha value is -2.63. The Morgan fingerprint density at radius 3 is 3.00 bits per heavy atom. The highest BCUT2D eigenvalue weighted by atomic mass is 79.9. The van der Waals surface area contributed by atoms with Gasteiger partial charge in [0.2, 0.25) is 5.96 Å². The number of nitrogens with one attached hydrogen (secondary N) is 1. The Kier molecular flexibility index (Phi) is 3.86. The highest BCUT2D eigenvalue weighted by Crippen LogP contribution is 2.39. The Morgan fingerprint density at radius 1 is 1.42 bits per heavy atom. The fourth-order valence-electron chi connectivity index (χ4n) is 3.15. The van der Waals surface area contributed by atoms with Gasteiger partial charge in [-0.25, -0.2) is 9.67 Å². The van der Waals surface area contributed by atoms with E-state index in [1.807, 2.05) is 25.1 Å². The fraction of sp³-hybridized carbons (Fsp3) is 0.167. The molecule has 1 aliphatic rings. The summed E-state index contributed by atoms with van der Waals surface area (Å²) >= 11 is 4.94. The van der Waals surface area contributed by atoms with Gasteiger partial charge in [-0.15, -0.1) is 11.3 Å². The monoisotopic (exact) mass is 427 g/mol. The third kappa shape index (κ3) is 2.60. The molecule has 0 amide bonds. The number of aliphatic imine (C=N–C) groups is 1. The molecule has 3 heterocycles. The van der Waals surface area contributed by atoms with Crippen LogP contribution in [0.25, 0.3) is 11.1 Å². The van der Waals surface area contributed by atoms with Gasteiger partial charge in [-0.3, -0.25) is 9.89 Å². The second kappa shape index (κ2) is 5.97. The lowest BCUT2D eigenvalue weighted by atomic mass is 9.92.